The van der Waals surface area contributed by atoms with Crippen molar-refractivity contribution in [1.29, 1.82) is 0 Å². The topological polar surface area (TPSA) is 128 Å². The van der Waals surface area contributed by atoms with Crippen LogP contribution in [0.1, 0.15) is 25.7 Å². The van der Waals surface area contributed by atoms with Gasteiger partial charge in [0.05, 0.1) is 27.7 Å². The maximum absolute atomic E-state index is 13.7. The minimum atomic E-state index is -0.488. The molecule has 0 aliphatic heterocycles. The number of anilines is 3. The molecule has 2 heterocycles. The third-order valence-electron chi connectivity index (χ3n) is 5.93. The Bertz CT molecular complexity index is 1720. The van der Waals surface area contributed by atoms with Crippen LogP contribution in [0.25, 0.3) is 27.7 Å². The molecule has 0 saturated heterocycles. The molecule has 1 amide bonds. The third kappa shape index (κ3) is 4.91. The molecule has 38 heavy (non-hydrogen) atoms. The van der Waals surface area contributed by atoms with Crippen LogP contribution in [-0.2, 0) is 4.79 Å². The molecule has 5 rings (SSSR count). The van der Waals surface area contributed by atoms with Crippen molar-refractivity contribution in [3.05, 3.63) is 100 Å². The summed E-state index contributed by atoms with van der Waals surface area (Å²) in [5.74, 6) is 0.820. The second kappa shape index (κ2) is 10.3. The van der Waals surface area contributed by atoms with Gasteiger partial charge in [-0.05, 0) is 48.9 Å². The molecule has 0 aliphatic rings. The fourth-order valence-corrected chi connectivity index (χ4v) is 4.53. The number of nitrogens with one attached hydrogen (secondary N) is 2. The van der Waals surface area contributed by atoms with E-state index in [2.05, 4.69) is 20.6 Å². The summed E-state index contributed by atoms with van der Waals surface area (Å²) in [5, 5.41) is 6.83. The van der Waals surface area contributed by atoms with Gasteiger partial charge in [-0.15, -0.1) is 0 Å². The lowest BCUT2D eigenvalue weighted by molar-refractivity contribution is -0.114. The number of carbonyl (C=O) groups excluding carboxylic acids is 1. The van der Waals surface area contributed by atoms with Gasteiger partial charge in [0.2, 0.25) is 11.9 Å². The lowest BCUT2D eigenvalue weighted by Crippen LogP contribution is -2.27. The Kier molecular flexibility index (Phi) is 6.76. The number of halogens is 1. The monoisotopic (exact) mass is 525 g/mol. The minimum Gasteiger partial charge on any atom is -0.368 e. The predicted octanol–water partition coefficient (Wildman–Crippen LogP) is 5.21. The Balaban J connectivity index is 1.63. The molecule has 0 saturated carbocycles. The first-order valence-electron chi connectivity index (χ1n) is 11.9. The van der Waals surface area contributed by atoms with Gasteiger partial charge in [-0.25, -0.2) is 9.97 Å². The van der Waals surface area contributed by atoms with E-state index in [1.54, 1.807) is 35.0 Å². The molecule has 9 nitrogen and oxygen atoms in total. The molecule has 3 aromatic carbocycles. The van der Waals surface area contributed by atoms with Crippen molar-refractivity contribution >= 4 is 45.9 Å². The lowest BCUT2D eigenvalue weighted by atomic mass is 10.1. The summed E-state index contributed by atoms with van der Waals surface area (Å²) < 4.78 is 1.55. The van der Waals surface area contributed by atoms with Gasteiger partial charge in [0.25, 0.3) is 5.56 Å². The van der Waals surface area contributed by atoms with Crippen LogP contribution < -0.4 is 21.9 Å². The molecule has 190 valence electrons. The van der Waals surface area contributed by atoms with Crippen LogP contribution in [0.5, 0.6) is 0 Å². The molecule has 0 bridgehead atoms. The molecular formula is C28H24ClN7O2. The fraction of sp³-hybridized carbons (Fsp3) is 0.107. The zero-order valence-electron chi connectivity index (χ0n) is 20.6. The number of carbonyl (C=O) groups is 1. The van der Waals surface area contributed by atoms with E-state index in [9.17, 15) is 9.59 Å². The molecule has 0 radical (unpaired) electrons. The Hall–Kier alpha value is -4.76. The number of nitrogens with zero attached hydrogens (tertiary/aromatic N) is 4. The molecule has 5 aromatic rings. The van der Waals surface area contributed by atoms with Gasteiger partial charge in [-0.1, -0.05) is 48.0 Å². The maximum Gasteiger partial charge on any atom is 0.267 e. The molecule has 1 atom stereocenters. The number of rotatable bonds is 6. The van der Waals surface area contributed by atoms with E-state index in [0.717, 1.165) is 5.56 Å². The van der Waals surface area contributed by atoms with Crippen LogP contribution in [0.15, 0.2) is 83.8 Å². The quantitative estimate of drug-likeness (QED) is 0.277. The number of fused-ring (bicyclic) bond motifs is 1. The van der Waals surface area contributed by atoms with Crippen molar-refractivity contribution in [3.8, 4) is 16.8 Å². The Morgan fingerprint density at radius 2 is 1.79 bits per heavy atom. The first-order chi connectivity index (χ1) is 18.3. The zero-order valence-corrected chi connectivity index (χ0v) is 21.4. The van der Waals surface area contributed by atoms with E-state index in [1.807, 2.05) is 55.5 Å². The number of aromatic nitrogens is 4. The first-order valence-corrected chi connectivity index (χ1v) is 12.2. The summed E-state index contributed by atoms with van der Waals surface area (Å²) in [7, 11) is 0. The highest BCUT2D eigenvalue weighted by molar-refractivity contribution is 6.35. The van der Waals surface area contributed by atoms with Gasteiger partial charge >= 0.3 is 0 Å². The zero-order chi connectivity index (χ0) is 26.8. The van der Waals surface area contributed by atoms with Gasteiger partial charge in [0.1, 0.15) is 11.6 Å². The Morgan fingerprint density at radius 1 is 1.03 bits per heavy atom. The highest BCUT2D eigenvalue weighted by Crippen LogP contribution is 2.31. The molecular weight excluding hydrogens is 502 g/mol. The number of nitrogens with two attached hydrogens (primary N) is 1. The molecule has 2 aromatic heterocycles. The minimum absolute atomic E-state index is 0.0835. The highest BCUT2D eigenvalue weighted by Gasteiger charge is 2.21. The molecule has 0 aliphatic carbocycles. The van der Waals surface area contributed by atoms with Crippen molar-refractivity contribution in [3.63, 3.8) is 0 Å². The SMILES string of the molecule is CC(=O)Nc1cccc(-c2cnc(N)nc2N[C@H](C)c2nc3cccc(Cl)c3c(=O)n2-c2ccccc2)c1. The predicted molar refractivity (Wildman–Crippen MR) is 151 cm³/mol. The van der Waals surface area contributed by atoms with Gasteiger partial charge < -0.3 is 16.4 Å². The van der Waals surface area contributed by atoms with Crippen LogP contribution in [0.4, 0.5) is 17.5 Å². The average Bonchev–Trinajstić information content (AvgIpc) is 2.89. The van der Waals surface area contributed by atoms with E-state index in [-0.39, 0.29) is 17.4 Å². The van der Waals surface area contributed by atoms with Gasteiger partial charge in [0.15, 0.2) is 0 Å². The Morgan fingerprint density at radius 3 is 2.55 bits per heavy atom. The van der Waals surface area contributed by atoms with E-state index < -0.39 is 6.04 Å². The second-order valence-corrected chi connectivity index (χ2v) is 9.11. The second-order valence-electron chi connectivity index (χ2n) is 8.70. The summed E-state index contributed by atoms with van der Waals surface area (Å²) >= 11 is 6.41. The van der Waals surface area contributed by atoms with E-state index in [4.69, 9.17) is 22.3 Å². The van der Waals surface area contributed by atoms with Crippen molar-refractivity contribution in [2.45, 2.75) is 19.9 Å². The number of nitrogen functional groups attached to an aromatic ring is 1. The van der Waals surface area contributed by atoms with Crippen molar-refractivity contribution < 1.29 is 4.79 Å². The number of amides is 1. The molecule has 0 unspecified atom stereocenters. The molecule has 0 fully saturated rings. The Labute approximate surface area is 223 Å². The standard InChI is InChI=1S/C28H24ClN7O2/c1-16(32-25-21(15-31-28(30)35-25)18-8-6-9-19(14-18)33-17(2)37)26-34-23-13-7-12-22(29)24(23)27(38)36(26)20-10-4-3-5-11-20/h3-16H,1-2H3,(H,33,37)(H3,30,31,32,35)/t16-/m1/s1. The number of para-hydroxylation sites is 1. The normalized spacial score (nSPS) is 11.8. The smallest absolute Gasteiger partial charge is 0.267 e. The molecule has 10 heteroatoms. The number of benzene rings is 3. The summed E-state index contributed by atoms with van der Waals surface area (Å²) in [6.07, 6.45) is 1.61. The van der Waals surface area contributed by atoms with Crippen LogP contribution in [0, 0.1) is 0 Å². The van der Waals surface area contributed by atoms with Crippen molar-refractivity contribution in [2.75, 3.05) is 16.4 Å². The number of hydrogen-bond acceptors (Lipinski definition) is 7. The van der Waals surface area contributed by atoms with Gasteiger partial charge in [-0.2, -0.15) is 4.98 Å². The largest absolute Gasteiger partial charge is 0.368 e. The first kappa shape index (κ1) is 24.9. The fourth-order valence-electron chi connectivity index (χ4n) is 4.28. The van der Waals surface area contributed by atoms with Crippen LogP contribution >= 0.6 is 11.6 Å². The summed E-state index contributed by atoms with van der Waals surface area (Å²) in [6, 6.07) is 21.3. The lowest BCUT2D eigenvalue weighted by Gasteiger charge is -2.21. The summed E-state index contributed by atoms with van der Waals surface area (Å²) in [4.78, 5) is 38.7. The van der Waals surface area contributed by atoms with Crippen molar-refractivity contribution in [1.82, 2.24) is 19.5 Å². The van der Waals surface area contributed by atoms with Crippen molar-refractivity contribution in [2.24, 2.45) is 0 Å². The molecule has 0 spiro atoms. The van der Waals surface area contributed by atoms with Crippen LogP contribution in [-0.4, -0.2) is 25.4 Å². The van der Waals surface area contributed by atoms with Gasteiger partial charge in [-0.3, -0.25) is 14.2 Å². The number of hydrogen-bond donors (Lipinski definition) is 3. The van der Waals surface area contributed by atoms with Crippen LogP contribution in [0.3, 0.4) is 0 Å². The van der Waals surface area contributed by atoms with E-state index in [1.165, 1.54) is 6.92 Å². The van der Waals surface area contributed by atoms with Gasteiger partial charge in [0, 0.05) is 24.4 Å². The maximum atomic E-state index is 13.7. The van der Waals surface area contributed by atoms with E-state index >= 15 is 0 Å². The summed E-state index contributed by atoms with van der Waals surface area (Å²) in [5.41, 5.74) is 8.88. The van der Waals surface area contributed by atoms with Crippen LogP contribution in [0.2, 0.25) is 5.02 Å². The summed E-state index contributed by atoms with van der Waals surface area (Å²) in [6.45, 7) is 3.33. The average molecular weight is 526 g/mol. The third-order valence-corrected chi connectivity index (χ3v) is 6.24. The highest BCUT2D eigenvalue weighted by atomic mass is 35.5. The van der Waals surface area contributed by atoms with E-state index in [0.29, 0.717) is 44.5 Å². The molecule has 4 N–H and O–H groups in total.